The zero-order valence-electron chi connectivity index (χ0n) is 11.6. The largest absolute Gasteiger partial charge is 0.477 e. The number of carboxylic acids is 1. The summed E-state index contributed by atoms with van der Waals surface area (Å²) in [4.78, 5) is 22.9. The zero-order chi connectivity index (χ0) is 16.3. The minimum atomic E-state index is -4.09. The quantitative estimate of drug-likeness (QED) is 0.578. The van der Waals surface area contributed by atoms with E-state index in [-0.39, 0.29) is 5.56 Å². The number of aliphatic carboxylic acids is 1. The van der Waals surface area contributed by atoms with Gasteiger partial charge in [0.2, 0.25) is 0 Å². The number of hydrogen-bond acceptors (Lipinski definition) is 3. The maximum Gasteiger partial charge on any atom is 0.378 e. The van der Waals surface area contributed by atoms with Crippen LogP contribution in [-0.2, 0) is 9.53 Å². The van der Waals surface area contributed by atoms with Gasteiger partial charge in [-0.3, -0.25) is 0 Å². The van der Waals surface area contributed by atoms with Crippen LogP contribution < -0.4 is 0 Å². The molecule has 0 saturated heterocycles. The number of carbonyl (C=O) groups is 2. The van der Waals surface area contributed by atoms with Crippen molar-refractivity contribution in [3.05, 3.63) is 33.4 Å². The average Bonchev–Trinajstić information content (AvgIpc) is 2.98. The molecule has 1 fully saturated rings. The molecule has 1 atom stereocenters. The fourth-order valence-corrected chi connectivity index (χ4v) is 2.98. The summed E-state index contributed by atoms with van der Waals surface area (Å²) in [5, 5.41) is 8.75. The zero-order valence-corrected chi connectivity index (χ0v) is 13.8. The van der Waals surface area contributed by atoms with Crippen molar-refractivity contribution in [1.29, 1.82) is 0 Å². The molecule has 4 nitrogen and oxygen atoms in total. The third kappa shape index (κ3) is 3.74. The Morgan fingerprint density at radius 1 is 1.23 bits per heavy atom. The van der Waals surface area contributed by atoms with E-state index in [2.05, 4.69) is 0 Å². The van der Waals surface area contributed by atoms with Gasteiger partial charge in [-0.05, 0) is 59.7 Å². The van der Waals surface area contributed by atoms with Crippen LogP contribution in [0.25, 0.3) is 0 Å². The molecular weight excluding hydrogens is 409 g/mol. The Kier molecular flexibility index (Phi) is 5.36. The summed E-state index contributed by atoms with van der Waals surface area (Å²) in [7, 11) is 0. The van der Waals surface area contributed by atoms with Gasteiger partial charge in [0.1, 0.15) is 0 Å². The number of esters is 1. The molecule has 1 saturated carbocycles. The maximum absolute atomic E-state index is 13.9. The lowest BCUT2D eigenvalue weighted by Crippen LogP contribution is -2.47. The molecule has 0 aliphatic heterocycles. The van der Waals surface area contributed by atoms with Gasteiger partial charge >= 0.3 is 17.9 Å². The van der Waals surface area contributed by atoms with Crippen LogP contribution in [0.5, 0.6) is 0 Å². The van der Waals surface area contributed by atoms with Crippen LogP contribution in [0, 0.1) is 9.49 Å². The number of carboxylic acid groups (broad SMARTS) is 1. The second-order valence-corrected chi connectivity index (χ2v) is 6.55. The number of carbonyl (C=O) groups excluding carboxylic acids is 1. The normalized spacial score (nSPS) is 17.2. The van der Waals surface area contributed by atoms with Gasteiger partial charge in [-0.2, -0.15) is 8.78 Å². The Morgan fingerprint density at radius 2 is 1.77 bits per heavy atom. The second kappa shape index (κ2) is 6.89. The van der Waals surface area contributed by atoms with E-state index in [4.69, 9.17) is 9.84 Å². The van der Waals surface area contributed by atoms with Crippen LogP contribution in [0.15, 0.2) is 24.3 Å². The van der Waals surface area contributed by atoms with Crippen molar-refractivity contribution in [2.24, 2.45) is 5.92 Å². The van der Waals surface area contributed by atoms with E-state index in [9.17, 15) is 18.4 Å². The first-order valence-electron chi connectivity index (χ1n) is 6.90. The van der Waals surface area contributed by atoms with Crippen LogP contribution in [0.4, 0.5) is 8.78 Å². The highest BCUT2D eigenvalue weighted by atomic mass is 127. The number of benzene rings is 1. The van der Waals surface area contributed by atoms with Gasteiger partial charge in [-0.15, -0.1) is 0 Å². The molecule has 22 heavy (non-hydrogen) atoms. The summed E-state index contributed by atoms with van der Waals surface area (Å²) in [5.41, 5.74) is 0.129. The van der Waals surface area contributed by atoms with Crippen LogP contribution in [0.1, 0.15) is 36.0 Å². The summed E-state index contributed by atoms with van der Waals surface area (Å²) in [5.74, 6) is -7.90. The minimum Gasteiger partial charge on any atom is -0.477 e. The van der Waals surface area contributed by atoms with Gasteiger partial charge in [0, 0.05) is 9.49 Å². The molecule has 120 valence electrons. The average molecular weight is 424 g/mol. The molecule has 1 unspecified atom stereocenters. The Balaban J connectivity index is 2.20. The number of halogens is 3. The maximum atomic E-state index is 13.9. The highest BCUT2D eigenvalue weighted by molar-refractivity contribution is 14.1. The van der Waals surface area contributed by atoms with Crippen molar-refractivity contribution < 1.29 is 28.2 Å². The van der Waals surface area contributed by atoms with Crippen LogP contribution >= 0.6 is 22.6 Å². The number of rotatable bonds is 5. The van der Waals surface area contributed by atoms with E-state index >= 15 is 0 Å². The van der Waals surface area contributed by atoms with Gasteiger partial charge in [-0.25, -0.2) is 9.59 Å². The molecule has 1 aliphatic rings. The molecule has 0 radical (unpaired) electrons. The van der Waals surface area contributed by atoms with Crippen molar-refractivity contribution in [1.82, 2.24) is 0 Å². The van der Waals surface area contributed by atoms with E-state index in [0.717, 1.165) is 16.4 Å². The summed E-state index contributed by atoms with van der Waals surface area (Å²) in [6.07, 6.45) is 0.413. The SMILES string of the molecule is O=C(OC(C1CCCC1)C(F)(F)C(=O)O)c1ccc(I)cc1. The first-order valence-corrected chi connectivity index (χ1v) is 7.98. The molecule has 1 N–H and O–H groups in total. The van der Waals surface area contributed by atoms with Crippen molar-refractivity contribution in [2.75, 3.05) is 0 Å². The Bertz CT molecular complexity index is 553. The van der Waals surface area contributed by atoms with Crippen molar-refractivity contribution in [2.45, 2.75) is 37.7 Å². The summed E-state index contributed by atoms with van der Waals surface area (Å²) in [6, 6.07) is 6.23. The van der Waals surface area contributed by atoms with E-state index in [1.165, 1.54) is 12.1 Å². The molecule has 0 amide bonds. The van der Waals surface area contributed by atoms with Crippen LogP contribution in [0.3, 0.4) is 0 Å². The van der Waals surface area contributed by atoms with E-state index in [0.29, 0.717) is 12.8 Å². The Labute approximate surface area is 140 Å². The van der Waals surface area contributed by atoms with Gasteiger partial charge in [-0.1, -0.05) is 12.8 Å². The third-order valence-electron chi connectivity index (χ3n) is 3.78. The Hall–Kier alpha value is -1.25. The Morgan fingerprint density at radius 3 is 2.27 bits per heavy atom. The third-order valence-corrected chi connectivity index (χ3v) is 4.50. The number of alkyl halides is 2. The van der Waals surface area contributed by atoms with Crippen molar-refractivity contribution >= 4 is 34.5 Å². The highest BCUT2D eigenvalue weighted by Crippen LogP contribution is 2.37. The lowest BCUT2D eigenvalue weighted by atomic mass is 9.95. The molecular formula is C15H15F2IO4. The predicted octanol–water partition coefficient (Wildman–Crippen LogP) is 3.73. The molecule has 2 rings (SSSR count). The summed E-state index contributed by atoms with van der Waals surface area (Å²) >= 11 is 2.05. The molecule has 0 bridgehead atoms. The first-order chi connectivity index (χ1) is 10.3. The number of ether oxygens (including phenoxy) is 1. The molecule has 1 aromatic carbocycles. The van der Waals surface area contributed by atoms with Crippen molar-refractivity contribution in [3.63, 3.8) is 0 Å². The number of hydrogen-bond donors (Lipinski definition) is 1. The molecule has 7 heteroatoms. The fraction of sp³-hybridized carbons (Fsp3) is 0.467. The smallest absolute Gasteiger partial charge is 0.378 e. The van der Waals surface area contributed by atoms with E-state index < -0.39 is 29.9 Å². The topological polar surface area (TPSA) is 63.6 Å². The molecule has 1 aliphatic carbocycles. The molecule has 0 heterocycles. The fourth-order valence-electron chi connectivity index (χ4n) is 2.62. The van der Waals surface area contributed by atoms with Crippen LogP contribution in [0.2, 0.25) is 0 Å². The molecule has 0 aromatic heterocycles. The molecule has 1 aromatic rings. The van der Waals surface area contributed by atoms with Crippen LogP contribution in [-0.4, -0.2) is 29.1 Å². The minimum absolute atomic E-state index is 0.129. The van der Waals surface area contributed by atoms with E-state index in [1.807, 2.05) is 22.6 Å². The first kappa shape index (κ1) is 17.1. The van der Waals surface area contributed by atoms with Gasteiger partial charge < -0.3 is 9.84 Å². The predicted molar refractivity (Wildman–Crippen MR) is 82.9 cm³/mol. The van der Waals surface area contributed by atoms with Crippen molar-refractivity contribution in [3.8, 4) is 0 Å². The van der Waals surface area contributed by atoms with Gasteiger partial charge in [0.15, 0.2) is 6.10 Å². The highest BCUT2D eigenvalue weighted by Gasteiger charge is 2.54. The monoisotopic (exact) mass is 424 g/mol. The summed E-state index contributed by atoms with van der Waals surface area (Å²) < 4.78 is 33.7. The van der Waals surface area contributed by atoms with Gasteiger partial charge in [0.05, 0.1) is 5.56 Å². The molecule has 0 spiro atoms. The second-order valence-electron chi connectivity index (χ2n) is 5.31. The standard InChI is InChI=1S/C15H15F2IO4/c16-15(17,14(20)21)12(9-3-1-2-4-9)22-13(19)10-5-7-11(18)8-6-10/h5-9,12H,1-4H2,(H,20,21). The summed E-state index contributed by atoms with van der Waals surface area (Å²) in [6.45, 7) is 0. The van der Waals surface area contributed by atoms with Gasteiger partial charge in [0.25, 0.3) is 0 Å². The lowest BCUT2D eigenvalue weighted by Gasteiger charge is -2.28. The van der Waals surface area contributed by atoms with E-state index in [1.54, 1.807) is 12.1 Å². The lowest BCUT2D eigenvalue weighted by molar-refractivity contribution is -0.188.